The van der Waals surface area contributed by atoms with E-state index < -0.39 is 0 Å². The molecule has 0 saturated heterocycles. The van der Waals surface area contributed by atoms with Crippen molar-refractivity contribution in [3.05, 3.63) is 0 Å². The molecule has 0 rings (SSSR count). The van der Waals surface area contributed by atoms with Gasteiger partial charge in [0.1, 0.15) is 0 Å². The maximum Gasteiger partial charge on any atom is 0.0431 e. The minimum Gasteiger partial charge on any atom is -0.396 e. The van der Waals surface area contributed by atoms with E-state index in [-0.39, 0.29) is 0 Å². The minimum atomic E-state index is 0.373. The SMILES string of the molecule is CCCC(C)CCCCCCCCCCCCCCCO. The van der Waals surface area contributed by atoms with E-state index in [9.17, 15) is 0 Å². The summed E-state index contributed by atoms with van der Waals surface area (Å²) in [6, 6.07) is 0. The molecule has 128 valence electrons. The van der Waals surface area contributed by atoms with Gasteiger partial charge in [-0.05, 0) is 12.3 Å². The monoisotopic (exact) mass is 298 g/mol. The van der Waals surface area contributed by atoms with E-state index in [1.807, 2.05) is 0 Å². The Morgan fingerprint density at radius 3 is 1.33 bits per heavy atom. The van der Waals surface area contributed by atoms with Crippen molar-refractivity contribution in [3.8, 4) is 0 Å². The van der Waals surface area contributed by atoms with Gasteiger partial charge in [-0.1, -0.05) is 110 Å². The summed E-state index contributed by atoms with van der Waals surface area (Å²) in [5, 5.41) is 8.69. The fourth-order valence-corrected chi connectivity index (χ4v) is 3.19. The lowest BCUT2D eigenvalue weighted by Crippen LogP contribution is -1.93. The van der Waals surface area contributed by atoms with E-state index in [0.29, 0.717) is 6.61 Å². The highest BCUT2D eigenvalue weighted by atomic mass is 16.2. The lowest BCUT2D eigenvalue weighted by molar-refractivity contribution is 0.282. The van der Waals surface area contributed by atoms with Gasteiger partial charge in [-0.3, -0.25) is 0 Å². The van der Waals surface area contributed by atoms with Gasteiger partial charge in [0.05, 0.1) is 0 Å². The molecule has 0 amide bonds. The van der Waals surface area contributed by atoms with Crippen molar-refractivity contribution in [3.63, 3.8) is 0 Å². The van der Waals surface area contributed by atoms with Gasteiger partial charge in [0, 0.05) is 6.61 Å². The largest absolute Gasteiger partial charge is 0.396 e. The smallest absolute Gasteiger partial charge is 0.0431 e. The second-order valence-electron chi connectivity index (χ2n) is 7.00. The summed E-state index contributed by atoms with van der Waals surface area (Å²) < 4.78 is 0. The molecule has 1 atom stereocenters. The predicted octanol–water partition coefficient (Wildman–Crippen LogP) is 6.88. The van der Waals surface area contributed by atoms with Crippen LogP contribution in [0.2, 0.25) is 0 Å². The van der Waals surface area contributed by atoms with E-state index >= 15 is 0 Å². The number of unbranched alkanes of at least 4 members (excludes halogenated alkanes) is 12. The Hall–Kier alpha value is -0.0400. The van der Waals surface area contributed by atoms with E-state index in [0.717, 1.165) is 12.3 Å². The fraction of sp³-hybridized carbons (Fsp3) is 1.00. The standard InChI is InChI=1S/C20H42O/c1-3-17-20(2)18-15-13-11-9-7-5-4-6-8-10-12-14-16-19-21/h20-21H,3-19H2,1-2H3. The lowest BCUT2D eigenvalue weighted by Gasteiger charge is -2.09. The molecule has 1 unspecified atom stereocenters. The van der Waals surface area contributed by atoms with Crippen LogP contribution in [0.1, 0.15) is 117 Å². The molecule has 0 aliphatic heterocycles. The third-order valence-corrected chi connectivity index (χ3v) is 4.64. The molecule has 0 aromatic heterocycles. The Labute approximate surface area is 134 Å². The average molecular weight is 299 g/mol. The Balaban J connectivity index is 2.99. The third-order valence-electron chi connectivity index (χ3n) is 4.64. The van der Waals surface area contributed by atoms with E-state index in [1.54, 1.807) is 0 Å². The Morgan fingerprint density at radius 1 is 0.571 bits per heavy atom. The van der Waals surface area contributed by atoms with Crippen LogP contribution in [0.15, 0.2) is 0 Å². The summed E-state index contributed by atoms with van der Waals surface area (Å²) in [7, 11) is 0. The van der Waals surface area contributed by atoms with Gasteiger partial charge in [-0.15, -0.1) is 0 Å². The second kappa shape index (κ2) is 18.0. The second-order valence-corrected chi connectivity index (χ2v) is 7.00. The van der Waals surface area contributed by atoms with Crippen LogP contribution in [0.25, 0.3) is 0 Å². The summed E-state index contributed by atoms with van der Waals surface area (Å²) in [6.45, 7) is 5.08. The van der Waals surface area contributed by atoms with E-state index in [1.165, 1.54) is 96.3 Å². The van der Waals surface area contributed by atoms with Crippen molar-refractivity contribution in [2.45, 2.75) is 117 Å². The number of aliphatic hydroxyl groups excluding tert-OH is 1. The van der Waals surface area contributed by atoms with Gasteiger partial charge < -0.3 is 5.11 Å². The van der Waals surface area contributed by atoms with Crippen molar-refractivity contribution < 1.29 is 5.11 Å². The van der Waals surface area contributed by atoms with Gasteiger partial charge in [0.25, 0.3) is 0 Å². The normalized spacial score (nSPS) is 12.7. The van der Waals surface area contributed by atoms with Crippen molar-refractivity contribution in [1.29, 1.82) is 0 Å². The summed E-state index contributed by atoms with van der Waals surface area (Å²) in [6.07, 6.45) is 22.1. The molecule has 1 nitrogen and oxygen atoms in total. The zero-order valence-corrected chi connectivity index (χ0v) is 15.0. The number of rotatable bonds is 17. The topological polar surface area (TPSA) is 20.2 Å². The molecule has 21 heavy (non-hydrogen) atoms. The summed E-state index contributed by atoms with van der Waals surface area (Å²) in [5.74, 6) is 0.951. The van der Waals surface area contributed by atoms with Crippen LogP contribution in [0.3, 0.4) is 0 Å². The molecule has 0 heterocycles. The quantitative estimate of drug-likeness (QED) is 0.290. The van der Waals surface area contributed by atoms with Crippen LogP contribution in [-0.4, -0.2) is 11.7 Å². The molecule has 0 saturated carbocycles. The predicted molar refractivity (Wildman–Crippen MR) is 95.8 cm³/mol. The maximum atomic E-state index is 8.69. The van der Waals surface area contributed by atoms with Crippen LogP contribution in [0.5, 0.6) is 0 Å². The molecule has 0 radical (unpaired) electrons. The van der Waals surface area contributed by atoms with Gasteiger partial charge >= 0.3 is 0 Å². The minimum absolute atomic E-state index is 0.373. The van der Waals surface area contributed by atoms with Crippen molar-refractivity contribution >= 4 is 0 Å². The number of aliphatic hydroxyl groups is 1. The third kappa shape index (κ3) is 17.9. The fourth-order valence-electron chi connectivity index (χ4n) is 3.19. The average Bonchev–Trinajstić information content (AvgIpc) is 2.48. The van der Waals surface area contributed by atoms with Crippen LogP contribution in [-0.2, 0) is 0 Å². The summed E-state index contributed by atoms with van der Waals surface area (Å²) >= 11 is 0. The number of hydrogen-bond acceptors (Lipinski definition) is 1. The van der Waals surface area contributed by atoms with Gasteiger partial charge in [-0.25, -0.2) is 0 Å². The van der Waals surface area contributed by atoms with Crippen LogP contribution in [0.4, 0.5) is 0 Å². The zero-order chi connectivity index (χ0) is 15.6. The number of hydrogen-bond donors (Lipinski definition) is 1. The Kier molecular flexibility index (Phi) is 18.0. The Morgan fingerprint density at radius 2 is 0.952 bits per heavy atom. The lowest BCUT2D eigenvalue weighted by atomic mass is 9.98. The molecular weight excluding hydrogens is 256 g/mol. The van der Waals surface area contributed by atoms with Crippen LogP contribution in [0, 0.1) is 5.92 Å². The van der Waals surface area contributed by atoms with Gasteiger partial charge in [0.15, 0.2) is 0 Å². The highest BCUT2D eigenvalue weighted by Crippen LogP contribution is 2.16. The van der Waals surface area contributed by atoms with Crippen LogP contribution >= 0.6 is 0 Å². The molecule has 0 fully saturated rings. The molecule has 1 heteroatoms. The highest BCUT2D eigenvalue weighted by Gasteiger charge is 2.00. The van der Waals surface area contributed by atoms with E-state index in [2.05, 4.69) is 13.8 Å². The molecule has 1 N–H and O–H groups in total. The molecule has 0 aromatic carbocycles. The molecular formula is C20H42O. The molecule has 0 aliphatic carbocycles. The van der Waals surface area contributed by atoms with Crippen molar-refractivity contribution in [2.75, 3.05) is 6.61 Å². The molecule has 0 spiro atoms. The maximum absolute atomic E-state index is 8.69. The van der Waals surface area contributed by atoms with Gasteiger partial charge in [0.2, 0.25) is 0 Å². The molecule has 0 bridgehead atoms. The Bertz CT molecular complexity index is 179. The first-order valence-electron chi connectivity index (χ1n) is 9.92. The molecule has 0 aliphatic rings. The van der Waals surface area contributed by atoms with Gasteiger partial charge in [-0.2, -0.15) is 0 Å². The summed E-state index contributed by atoms with van der Waals surface area (Å²) in [4.78, 5) is 0. The first kappa shape index (κ1) is 21.0. The first-order chi connectivity index (χ1) is 10.3. The highest BCUT2D eigenvalue weighted by molar-refractivity contribution is 4.54. The molecule has 0 aromatic rings. The van der Waals surface area contributed by atoms with Crippen LogP contribution < -0.4 is 0 Å². The van der Waals surface area contributed by atoms with Crippen molar-refractivity contribution in [1.82, 2.24) is 0 Å². The van der Waals surface area contributed by atoms with E-state index in [4.69, 9.17) is 5.11 Å². The van der Waals surface area contributed by atoms with Crippen molar-refractivity contribution in [2.24, 2.45) is 5.92 Å². The first-order valence-corrected chi connectivity index (χ1v) is 9.92. The summed E-state index contributed by atoms with van der Waals surface area (Å²) in [5.41, 5.74) is 0. The zero-order valence-electron chi connectivity index (χ0n) is 15.0.